The Bertz CT molecular complexity index is 904. The van der Waals surface area contributed by atoms with E-state index in [2.05, 4.69) is 20.5 Å². The van der Waals surface area contributed by atoms with Gasteiger partial charge in [0.15, 0.2) is 0 Å². The standard InChI is InChI=1S/C21H24ClFN4O3/c1-29-19-6-5-17(14-18(19)22)25-21(24-7-8-27-9-11-30-12-10-27)26-20(28)15-3-2-4-16(23)13-15/h2-6,13-14H,7-12H2,1H3,(H2,24,25,26,28). The van der Waals surface area contributed by atoms with E-state index in [9.17, 15) is 9.18 Å². The quantitative estimate of drug-likeness (QED) is 0.540. The number of nitrogens with one attached hydrogen (secondary N) is 2. The monoisotopic (exact) mass is 434 g/mol. The molecular weight excluding hydrogens is 411 g/mol. The minimum Gasteiger partial charge on any atom is -0.495 e. The Balaban J connectivity index is 1.72. The smallest absolute Gasteiger partial charge is 0.258 e. The molecule has 0 aromatic heterocycles. The molecule has 3 rings (SSSR count). The Kier molecular flexibility index (Phi) is 8.01. The molecule has 1 amide bonds. The number of carbonyl (C=O) groups is 1. The minimum atomic E-state index is -0.483. The number of benzene rings is 2. The van der Waals surface area contributed by atoms with Crippen LogP contribution >= 0.6 is 11.6 Å². The van der Waals surface area contributed by atoms with Gasteiger partial charge in [-0.25, -0.2) is 4.39 Å². The van der Waals surface area contributed by atoms with Crippen LogP contribution in [0.5, 0.6) is 5.75 Å². The molecule has 160 valence electrons. The molecule has 1 fully saturated rings. The van der Waals surface area contributed by atoms with Crippen LogP contribution in [0.1, 0.15) is 10.4 Å². The summed E-state index contributed by atoms with van der Waals surface area (Å²) in [7, 11) is 1.53. The van der Waals surface area contributed by atoms with Gasteiger partial charge in [0.1, 0.15) is 11.6 Å². The van der Waals surface area contributed by atoms with Crippen LogP contribution in [-0.2, 0) is 4.74 Å². The van der Waals surface area contributed by atoms with E-state index in [4.69, 9.17) is 21.1 Å². The number of halogens is 2. The number of rotatable bonds is 6. The first-order valence-electron chi connectivity index (χ1n) is 9.57. The highest BCUT2D eigenvalue weighted by Gasteiger charge is 2.13. The lowest BCUT2D eigenvalue weighted by molar-refractivity contribution is 0.0394. The van der Waals surface area contributed by atoms with E-state index in [1.54, 1.807) is 18.2 Å². The van der Waals surface area contributed by atoms with Gasteiger partial charge in [0.2, 0.25) is 5.96 Å². The lowest BCUT2D eigenvalue weighted by atomic mass is 10.2. The first-order chi connectivity index (χ1) is 14.5. The molecule has 0 atom stereocenters. The van der Waals surface area contributed by atoms with Crippen molar-refractivity contribution in [2.75, 3.05) is 51.8 Å². The number of aliphatic imine (C=N–C) groups is 1. The first kappa shape index (κ1) is 22.0. The van der Waals surface area contributed by atoms with Crippen molar-refractivity contribution in [3.63, 3.8) is 0 Å². The van der Waals surface area contributed by atoms with Crippen LogP contribution in [0.15, 0.2) is 47.5 Å². The SMILES string of the molecule is COc1ccc(NC(=NCCN2CCOCC2)NC(=O)c2cccc(F)c2)cc1Cl. The lowest BCUT2D eigenvalue weighted by Gasteiger charge is -2.25. The van der Waals surface area contributed by atoms with Gasteiger partial charge in [0, 0.05) is 30.9 Å². The minimum absolute atomic E-state index is 0.199. The van der Waals surface area contributed by atoms with Crippen molar-refractivity contribution in [3.05, 3.63) is 58.9 Å². The molecular formula is C21H24ClFN4O3. The molecule has 1 saturated heterocycles. The largest absolute Gasteiger partial charge is 0.495 e. The lowest BCUT2D eigenvalue weighted by Crippen LogP contribution is -2.39. The maximum atomic E-state index is 13.5. The second kappa shape index (κ2) is 10.9. The Morgan fingerprint density at radius 3 is 2.77 bits per heavy atom. The van der Waals surface area contributed by atoms with Gasteiger partial charge in [0.25, 0.3) is 5.91 Å². The average Bonchev–Trinajstić information content (AvgIpc) is 2.74. The second-order valence-corrected chi connectivity index (χ2v) is 7.03. The van der Waals surface area contributed by atoms with Crippen LogP contribution in [0.3, 0.4) is 0 Å². The van der Waals surface area contributed by atoms with Crippen molar-refractivity contribution >= 4 is 29.2 Å². The number of hydrogen-bond acceptors (Lipinski definition) is 5. The molecule has 0 radical (unpaired) electrons. The highest BCUT2D eigenvalue weighted by Crippen LogP contribution is 2.27. The molecule has 1 aliphatic rings. The van der Waals surface area contributed by atoms with Crippen molar-refractivity contribution in [1.82, 2.24) is 10.2 Å². The molecule has 2 N–H and O–H groups in total. The topological polar surface area (TPSA) is 75.2 Å². The number of guanidine groups is 1. The summed E-state index contributed by atoms with van der Waals surface area (Å²) >= 11 is 6.19. The van der Waals surface area contributed by atoms with Crippen molar-refractivity contribution < 1.29 is 18.7 Å². The Morgan fingerprint density at radius 1 is 1.27 bits per heavy atom. The molecule has 30 heavy (non-hydrogen) atoms. The van der Waals surface area contributed by atoms with Crippen molar-refractivity contribution in [1.29, 1.82) is 0 Å². The van der Waals surface area contributed by atoms with Gasteiger partial charge in [-0.15, -0.1) is 0 Å². The Labute approximate surface area is 179 Å². The summed E-state index contributed by atoms with van der Waals surface area (Å²) < 4.78 is 24.0. The number of morpholine rings is 1. The fraction of sp³-hybridized carbons (Fsp3) is 0.333. The van der Waals surface area contributed by atoms with Gasteiger partial charge < -0.3 is 14.8 Å². The van der Waals surface area contributed by atoms with Crippen LogP contribution in [0, 0.1) is 5.82 Å². The molecule has 9 heteroatoms. The van der Waals surface area contributed by atoms with Gasteiger partial charge in [-0.1, -0.05) is 17.7 Å². The van der Waals surface area contributed by atoms with Gasteiger partial charge in [0.05, 0.1) is 31.9 Å². The summed E-state index contributed by atoms with van der Waals surface area (Å²) in [5.41, 5.74) is 0.830. The second-order valence-electron chi connectivity index (χ2n) is 6.62. The van der Waals surface area contributed by atoms with Crippen LogP contribution in [0.25, 0.3) is 0 Å². The van der Waals surface area contributed by atoms with Crippen LogP contribution < -0.4 is 15.4 Å². The third kappa shape index (κ3) is 6.41. The molecule has 2 aromatic carbocycles. The third-order valence-electron chi connectivity index (χ3n) is 4.52. The summed E-state index contributed by atoms with van der Waals surface area (Å²) in [5, 5.41) is 6.20. The maximum absolute atomic E-state index is 13.5. The summed E-state index contributed by atoms with van der Waals surface area (Å²) in [6.07, 6.45) is 0. The molecule has 0 aliphatic carbocycles. The third-order valence-corrected chi connectivity index (χ3v) is 4.82. The van der Waals surface area contributed by atoms with E-state index < -0.39 is 11.7 Å². The number of carbonyl (C=O) groups excluding carboxylic acids is 1. The Hall–Kier alpha value is -2.68. The van der Waals surface area contributed by atoms with E-state index in [0.29, 0.717) is 36.2 Å². The zero-order valence-electron chi connectivity index (χ0n) is 16.7. The van der Waals surface area contributed by atoms with E-state index in [-0.39, 0.29) is 11.5 Å². The zero-order chi connectivity index (χ0) is 21.3. The van der Waals surface area contributed by atoms with E-state index in [1.165, 1.54) is 31.4 Å². The zero-order valence-corrected chi connectivity index (χ0v) is 17.4. The van der Waals surface area contributed by atoms with Gasteiger partial charge >= 0.3 is 0 Å². The number of anilines is 1. The normalized spacial score (nSPS) is 15.0. The summed E-state index contributed by atoms with van der Waals surface area (Å²) in [4.78, 5) is 19.3. The number of ether oxygens (including phenoxy) is 2. The Morgan fingerprint density at radius 2 is 2.07 bits per heavy atom. The molecule has 7 nitrogen and oxygen atoms in total. The molecule has 0 spiro atoms. The van der Waals surface area contributed by atoms with Crippen LogP contribution in [-0.4, -0.2) is 63.3 Å². The fourth-order valence-electron chi connectivity index (χ4n) is 2.93. The van der Waals surface area contributed by atoms with Crippen molar-refractivity contribution in [3.8, 4) is 5.75 Å². The van der Waals surface area contributed by atoms with Crippen molar-refractivity contribution in [2.24, 2.45) is 4.99 Å². The average molecular weight is 435 g/mol. The predicted molar refractivity (Wildman–Crippen MR) is 115 cm³/mol. The highest BCUT2D eigenvalue weighted by atomic mass is 35.5. The van der Waals surface area contributed by atoms with Gasteiger partial charge in [-0.3, -0.25) is 20.0 Å². The van der Waals surface area contributed by atoms with Gasteiger partial charge in [-0.2, -0.15) is 0 Å². The molecule has 1 heterocycles. The molecule has 0 saturated carbocycles. The van der Waals surface area contributed by atoms with Crippen molar-refractivity contribution in [2.45, 2.75) is 0 Å². The number of amides is 1. The van der Waals surface area contributed by atoms with E-state index in [0.717, 1.165) is 19.6 Å². The van der Waals surface area contributed by atoms with Crippen LogP contribution in [0.2, 0.25) is 5.02 Å². The molecule has 1 aliphatic heterocycles. The predicted octanol–water partition coefficient (Wildman–Crippen LogP) is 3.02. The van der Waals surface area contributed by atoms with Crippen LogP contribution in [0.4, 0.5) is 10.1 Å². The molecule has 0 unspecified atom stereocenters. The maximum Gasteiger partial charge on any atom is 0.258 e. The van der Waals surface area contributed by atoms with E-state index >= 15 is 0 Å². The summed E-state index contributed by atoms with van der Waals surface area (Å²) in [6.45, 7) is 4.30. The number of hydrogen-bond donors (Lipinski definition) is 2. The van der Waals surface area contributed by atoms with E-state index in [1.807, 2.05) is 0 Å². The number of methoxy groups -OCH3 is 1. The molecule has 0 bridgehead atoms. The summed E-state index contributed by atoms with van der Waals surface area (Å²) in [5.74, 6) is -0.161. The highest BCUT2D eigenvalue weighted by molar-refractivity contribution is 6.32. The number of nitrogens with zero attached hydrogens (tertiary/aromatic N) is 2. The van der Waals surface area contributed by atoms with Gasteiger partial charge in [-0.05, 0) is 36.4 Å². The fourth-order valence-corrected chi connectivity index (χ4v) is 3.19. The summed E-state index contributed by atoms with van der Waals surface area (Å²) in [6, 6.07) is 10.6. The first-order valence-corrected chi connectivity index (χ1v) is 9.95. The molecule has 2 aromatic rings.